The number of nitrogens with zero attached hydrogens (tertiary/aromatic N) is 1. The van der Waals surface area contributed by atoms with Crippen LogP contribution in [0.5, 0.6) is 0 Å². The van der Waals surface area contributed by atoms with Gasteiger partial charge < -0.3 is 10.6 Å². The Bertz CT molecular complexity index is 790. The molecule has 2 rings (SSSR count). The predicted octanol–water partition coefficient (Wildman–Crippen LogP) is 2.02. The number of sulfonamides is 1. The molecular weight excluding hydrogens is 390 g/mol. The maximum atomic E-state index is 12.3. The topological polar surface area (TPSA) is 95.6 Å². The van der Waals surface area contributed by atoms with Gasteiger partial charge in [-0.2, -0.15) is 0 Å². The lowest BCUT2D eigenvalue weighted by molar-refractivity contribution is -0.125. The second-order valence-corrected chi connectivity index (χ2v) is 9.37. The van der Waals surface area contributed by atoms with Gasteiger partial charge in [0.25, 0.3) is 5.91 Å². The van der Waals surface area contributed by atoms with Gasteiger partial charge in [0.15, 0.2) is 0 Å². The Morgan fingerprint density at radius 2 is 1.74 bits per heavy atom. The van der Waals surface area contributed by atoms with E-state index in [1.807, 2.05) is 0 Å². The fraction of sp³-hybridized carbons (Fsp3) is 0.556. The van der Waals surface area contributed by atoms with Crippen molar-refractivity contribution in [2.24, 2.45) is 5.92 Å². The molecule has 0 saturated heterocycles. The zero-order valence-corrected chi connectivity index (χ0v) is 17.2. The largest absolute Gasteiger partial charge is 0.354 e. The molecule has 150 valence electrons. The first-order chi connectivity index (χ1) is 12.7. The summed E-state index contributed by atoms with van der Waals surface area (Å²) in [5, 5.41) is 5.66. The highest BCUT2D eigenvalue weighted by molar-refractivity contribution is 7.89. The van der Waals surface area contributed by atoms with Crippen molar-refractivity contribution < 1.29 is 18.0 Å². The van der Waals surface area contributed by atoms with Gasteiger partial charge in [-0.3, -0.25) is 9.59 Å². The molecule has 2 N–H and O–H groups in total. The van der Waals surface area contributed by atoms with Crippen LogP contribution < -0.4 is 10.6 Å². The summed E-state index contributed by atoms with van der Waals surface area (Å²) >= 11 is 6.05. The van der Waals surface area contributed by atoms with Gasteiger partial charge in [0.1, 0.15) is 0 Å². The van der Waals surface area contributed by atoms with Crippen molar-refractivity contribution in [3.05, 3.63) is 28.8 Å². The minimum Gasteiger partial charge on any atom is -0.354 e. The van der Waals surface area contributed by atoms with Gasteiger partial charge in [-0.05, 0) is 31.0 Å². The summed E-state index contributed by atoms with van der Waals surface area (Å²) in [7, 11) is -0.830. The predicted molar refractivity (Wildman–Crippen MR) is 104 cm³/mol. The van der Waals surface area contributed by atoms with Crippen molar-refractivity contribution >= 4 is 33.4 Å². The number of hydrogen-bond donors (Lipinski definition) is 2. The van der Waals surface area contributed by atoms with Crippen LogP contribution in [0.25, 0.3) is 0 Å². The average Bonchev–Trinajstić information content (AvgIpc) is 2.65. The highest BCUT2D eigenvalue weighted by Crippen LogP contribution is 2.24. The monoisotopic (exact) mass is 415 g/mol. The highest BCUT2D eigenvalue weighted by atomic mass is 35.5. The van der Waals surface area contributed by atoms with Gasteiger partial charge in [0.2, 0.25) is 15.9 Å². The Morgan fingerprint density at radius 1 is 1.11 bits per heavy atom. The third kappa shape index (κ3) is 5.67. The second kappa shape index (κ2) is 9.52. The van der Waals surface area contributed by atoms with E-state index in [4.69, 9.17) is 11.6 Å². The van der Waals surface area contributed by atoms with E-state index in [0.29, 0.717) is 6.54 Å². The minimum absolute atomic E-state index is 0.00680. The molecule has 0 radical (unpaired) electrons. The first kappa shape index (κ1) is 21.7. The molecule has 1 aliphatic carbocycles. The molecule has 1 saturated carbocycles. The first-order valence-electron chi connectivity index (χ1n) is 9.01. The lowest BCUT2D eigenvalue weighted by Gasteiger charge is -2.20. The molecule has 7 nitrogen and oxygen atoms in total. The van der Waals surface area contributed by atoms with Crippen LogP contribution in [0.3, 0.4) is 0 Å². The molecule has 1 aromatic carbocycles. The van der Waals surface area contributed by atoms with E-state index in [9.17, 15) is 18.0 Å². The van der Waals surface area contributed by atoms with E-state index in [0.717, 1.165) is 30.0 Å². The van der Waals surface area contributed by atoms with Crippen molar-refractivity contribution in [2.45, 2.75) is 37.0 Å². The molecule has 0 aliphatic heterocycles. The summed E-state index contributed by atoms with van der Waals surface area (Å²) < 4.78 is 25.5. The van der Waals surface area contributed by atoms with E-state index in [1.54, 1.807) is 0 Å². The zero-order chi connectivity index (χ0) is 20.0. The van der Waals surface area contributed by atoms with E-state index >= 15 is 0 Å². The van der Waals surface area contributed by atoms with Crippen LogP contribution in [0.4, 0.5) is 0 Å². The molecule has 27 heavy (non-hydrogen) atoms. The third-order valence-electron chi connectivity index (χ3n) is 4.65. The van der Waals surface area contributed by atoms with Gasteiger partial charge in [0.05, 0.1) is 15.5 Å². The Balaban J connectivity index is 1.91. The van der Waals surface area contributed by atoms with Crippen LogP contribution in [0, 0.1) is 5.92 Å². The smallest absolute Gasteiger partial charge is 0.252 e. The number of nitrogens with one attached hydrogen (secondary N) is 2. The highest BCUT2D eigenvalue weighted by Gasteiger charge is 2.22. The molecule has 0 atom stereocenters. The summed E-state index contributed by atoms with van der Waals surface area (Å²) in [6, 6.07) is 4.00. The molecular formula is C18H26ClN3O4S. The van der Waals surface area contributed by atoms with Gasteiger partial charge in [-0.25, -0.2) is 12.7 Å². The molecule has 0 bridgehead atoms. The Hall–Kier alpha value is -1.64. The van der Waals surface area contributed by atoms with Crippen LogP contribution in [0.1, 0.15) is 42.5 Å². The third-order valence-corrected chi connectivity index (χ3v) is 6.79. The van der Waals surface area contributed by atoms with Gasteiger partial charge in [-0.15, -0.1) is 0 Å². The lowest BCUT2D eigenvalue weighted by atomic mass is 9.89. The SMILES string of the molecule is CN(C)S(=O)(=O)c1ccc(Cl)c(C(=O)NCCNC(=O)C2CCCCC2)c1. The van der Waals surface area contributed by atoms with Crippen LogP contribution in [-0.4, -0.2) is 51.7 Å². The fourth-order valence-electron chi connectivity index (χ4n) is 3.02. The first-order valence-corrected chi connectivity index (χ1v) is 10.8. The molecule has 1 aliphatic rings. The normalized spacial score (nSPS) is 15.6. The molecule has 1 fully saturated rings. The maximum absolute atomic E-state index is 12.3. The Morgan fingerprint density at radius 3 is 2.37 bits per heavy atom. The van der Waals surface area contributed by atoms with Crippen molar-refractivity contribution in [3.8, 4) is 0 Å². The van der Waals surface area contributed by atoms with Crippen LogP contribution >= 0.6 is 11.6 Å². The van der Waals surface area contributed by atoms with Gasteiger partial charge >= 0.3 is 0 Å². The van der Waals surface area contributed by atoms with E-state index in [2.05, 4.69) is 10.6 Å². The molecule has 2 amide bonds. The molecule has 0 unspecified atom stereocenters. The van der Waals surface area contributed by atoms with Crippen LogP contribution in [0.15, 0.2) is 23.1 Å². The summed E-state index contributed by atoms with van der Waals surface area (Å²) in [4.78, 5) is 24.4. The van der Waals surface area contributed by atoms with E-state index in [1.165, 1.54) is 38.7 Å². The van der Waals surface area contributed by atoms with E-state index < -0.39 is 15.9 Å². The van der Waals surface area contributed by atoms with Crippen LogP contribution in [0.2, 0.25) is 5.02 Å². The second-order valence-electron chi connectivity index (χ2n) is 6.81. The summed E-state index contributed by atoms with van der Waals surface area (Å²) in [6.45, 7) is 0.548. The summed E-state index contributed by atoms with van der Waals surface area (Å²) in [5.41, 5.74) is 0.0817. The van der Waals surface area contributed by atoms with Gasteiger partial charge in [0, 0.05) is 33.1 Å². The fourth-order valence-corrected chi connectivity index (χ4v) is 4.15. The summed E-state index contributed by atoms with van der Waals surface area (Å²) in [5.74, 6) is -0.388. The number of benzene rings is 1. The van der Waals surface area contributed by atoms with E-state index in [-0.39, 0.29) is 33.9 Å². The number of hydrogen-bond acceptors (Lipinski definition) is 4. The summed E-state index contributed by atoms with van der Waals surface area (Å²) in [6.07, 6.45) is 5.18. The van der Waals surface area contributed by atoms with Gasteiger partial charge in [-0.1, -0.05) is 30.9 Å². The van der Waals surface area contributed by atoms with Crippen molar-refractivity contribution in [1.82, 2.24) is 14.9 Å². The van der Waals surface area contributed by atoms with Crippen molar-refractivity contribution in [1.29, 1.82) is 0 Å². The number of carbonyl (C=O) groups excluding carboxylic acids is 2. The number of halogens is 1. The lowest BCUT2D eigenvalue weighted by Crippen LogP contribution is -2.38. The van der Waals surface area contributed by atoms with Crippen LogP contribution in [-0.2, 0) is 14.8 Å². The minimum atomic E-state index is -3.66. The number of carbonyl (C=O) groups is 2. The van der Waals surface area contributed by atoms with Crippen molar-refractivity contribution in [3.63, 3.8) is 0 Å². The number of rotatable bonds is 7. The Kier molecular flexibility index (Phi) is 7.64. The molecule has 0 spiro atoms. The molecule has 0 aromatic heterocycles. The standard InChI is InChI=1S/C18H26ClN3O4S/c1-22(2)27(25,26)14-8-9-16(19)15(12-14)18(24)21-11-10-20-17(23)13-6-4-3-5-7-13/h8-9,12-13H,3-7,10-11H2,1-2H3,(H,20,23)(H,21,24). The number of amides is 2. The molecule has 0 heterocycles. The zero-order valence-electron chi connectivity index (χ0n) is 15.6. The Labute approximate surface area is 165 Å². The van der Waals surface area contributed by atoms with Crippen molar-refractivity contribution in [2.75, 3.05) is 27.2 Å². The average molecular weight is 416 g/mol. The quantitative estimate of drug-likeness (QED) is 0.666. The molecule has 1 aromatic rings. The molecule has 9 heteroatoms. The maximum Gasteiger partial charge on any atom is 0.252 e.